The minimum absolute atomic E-state index is 0.169. The smallest absolute Gasteiger partial charge is 0.248 e. The molecule has 120 valence electrons. The van der Waals surface area contributed by atoms with E-state index in [2.05, 4.69) is 20.8 Å². The molecule has 2 aromatic heterocycles. The van der Waals surface area contributed by atoms with Gasteiger partial charge in [0.25, 0.3) is 0 Å². The molecule has 0 saturated heterocycles. The summed E-state index contributed by atoms with van der Waals surface area (Å²) in [6, 6.07) is 6.85. The van der Waals surface area contributed by atoms with Gasteiger partial charge in [-0.1, -0.05) is 12.1 Å². The Morgan fingerprint density at radius 1 is 1.30 bits per heavy atom. The second-order valence-corrected chi connectivity index (χ2v) is 5.33. The van der Waals surface area contributed by atoms with E-state index >= 15 is 0 Å². The number of hydrogen-bond acceptors (Lipinski definition) is 6. The van der Waals surface area contributed by atoms with Crippen LogP contribution >= 0.6 is 0 Å². The van der Waals surface area contributed by atoms with Crippen molar-refractivity contribution in [3.63, 3.8) is 0 Å². The van der Waals surface area contributed by atoms with Gasteiger partial charge in [0.15, 0.2) is 17.3 Å². The molecular weight excluding hydrogens is 296 g/mol. The predicted octanol–water partition coefficient (Wildman–Crippen LogP) is 3.26. The number of carbonyl (C=O) groups excluding carboxylic acids is 1. The van der Waals surface area contributed by atoms with Crippen molar-refractivity contribution >= 4 is 28.5 Å². The van der Waals surface area contributed by atoms with E-state index in [0.29, 0.717) is 23.9 Å². The fraction of sp³-hybridized carbons (Fsp3) is 0.312. The van der Waals surface area contributed by atoms with Gasteiger partial charge in [0.2, 0.25) is 5.91 Å². The van der Waals surface area contributed by atoms with Crippen LogP contribution in [0.25, 0.3) is 11.1 Å². The first-order valence-electron chi connectivity index (χ1n) is 7.43. The Kier molecular flexibility index (Phi) is 4.01. The predicted molar refractivity (Wildman–Crippen MR) is 86.3 cm³/mol. The zero-order chi connectivity index (χ0) is 16.4. The average Bonchev–Trinajstić information content (AvgIpc) is 3.08. The summed E-state index contributed by atoms with van der Waals surface area (Å²) in [6.45, 7) is 5.51. The van der Waals surface area contributed by atoms with Crippen LogP contribution in [0.15, 0.2) is 33.2 Å². The van der Waals surface area contributed by atoms with Gasteiger partial charge in [-0.15, -0.1) is 0 Å². The Balaban J connectivity index is 1.73. The molecule has 2 N–H and O–H groups in total. The molecule has 0 fully saturated rings. The van der Waals surface area contributed by atoms with Gasteiger partial charge in [-0.3, -0.25) is 4.79 Å². The van der Waals surface area contributed by atoms with E-state index < -0.39 is 6.04 Å². The number of anilines is 2. The number of benzene rings is 1. The SMILES string of the molecule is CC[C@H](Nc1ccc2oc(C)nc2c1)C(=O)Nc1cc(C)on1. The fourth-order valence-corrected chi connectivity index (χ4v) is 2.33. The van der Waals surface area contributed by atoms with E-state index in [1.807, 2.05) is 25.1 Å². The quantitative estimate of drug-likeness (QED) is 0.751. The minimum atomic E-state index is -0.391. The van der Waals surface area contributed by atoms with E-state index in [1.54, 1.807) is 19.9 Å². The molecule has 0 radical (unpaired) electrons. The topological polar surface area (TPSA) is 93.2 Å². The van der Waals surface area contributed by atoms with Crippen LogP contribution < -0.4 is 10.6 Å². The van der Waals surface area contributed by atoms with Gasteiger partial charge in [0, 0.05) is 18.7 Å². The summed E-state index contributed by atoms with van der Waals surface area (Å²) in [5, 5.41) is 9.71. The third-order valence-electron chi connectivity index (χ3n) is 3.44. The van der Waals surface area contributed by atoms with Crippen molar-refractivity contribution in [1.29, 1.82) is 0 Å². The highest BCUT2D eigenvalue weighted by molar-refractivity contribution is 5.96. The molecule has 0 spiro atoms. The number of oxazole rings is 1. The van der Waals surface area contributed by atoms with E-state index in [-0.39, 0.29) is 5.91 Å². The van der Waals surface area contributed by atoms with E-state index in [4.69, 9.17) is 8.94 Å². The number of hydrogen-bond donors (Lipinski definition) is 2. The van der Waals surface area contributed by atoms with E-state index in [0.717, 1.165) is 16.8 Å². The maximum Gasteiger partial charge on any atom is 0.248 e. The molecule has 0 aliphatic carbocycles. The first-order valence-corrected chi connectivity index (χ1v) is 7.43. The van der Waals surface area contributed by atoms with Crippen LogP contribution in [0.1, 0.15) is 25.0 Å². The Morgan fingerprint density at radius 3 is 2.83 bits per heavy atom. The number of nitrogens with one attached hydrogen (secondary N) is 2. The van der Waals surface area contributed by atoms with Crippen LogP contribution in [0.3, 0.4) is 0 Å². The standard InChI is InChI=1S/C16H18N4O3/c1-4-12(16(21)19-15-7-9(2)23-20-15)18-11-5-6-14-13(8-11)17-10(3)22-14/h5-8,12,18H,4H2,1-3H3,(H,19,20,21)/t12-/m0/s1. The third-order valence-corrected chi connectivity index (χ3v) is 3.44. The molecule has 0 aliphatic heterocycles. The molecule has 1 aromatic carbocycles. The van der Waals surface area contributed by atoms with Gasteiger partial charge in [0.05, 0.1) is 0 Å². The number of amides is 1. The van der Waals surface area contributed by atoms with Gasteiger partial charge < -0.3 is 19.6 Å². The van der Waals surface area contributed by atoms with Gasteiger partial charge in [-0.2, -0.15) is 0 Å². The van der Waals surface area contributed by atoms with Crippen LogP contribution in [0.4, 0.5) is 11.5 Å². The number of nitrogens with zero attached hydrogens (tertiary/aromatic N) is 2. The number of aromatic nitrogens is 2. The van der Waals surface area contributed by atoms with Crippen molar-refractivity contribution in [3.05, 3.63) is 35.9 Å². The molecule has 7 nitrogen and oxygen atoms in total. The maximum absolute atomic E-state index is 12.3. The Labute approximate surface area is 133 Å². The Morgan fingerprint density at radius 2 is 2.13 bits per heavy atom. The largest absolute Gasteiger partial charge is 0.441 e. The summed E-state index contributed by atoms with van der Waals surface area (Å²) in [5.74, 6) is 1.50. The second kappa shape index (κ2) is 6.12. The summed E-state index contributed by atoms with van der Waals surface area (Å²) in [7, 11) is 0. The lowest BCUT2D eigenvalue weighted by molar-refractivity contribution is -0.117. The molecule has 2 heterocycles. The van der Waals surface area contributed by atoms with Crippen molar-refractivity contribution in [2.75, 3.05) is 10.6 Å². The highest BCUT2D eigenvalue weighted by Gasteiger charge is 2.18. The maximum atomic E-state index is 12.3. The molecule has 3 aromatic rings. The van der Waals surface area contributed by atoms with Crippen LogP contribution in [0.5, 0.6) is 0 Å². The first-order chi connectivity index (χ1) is 11.0. The van der Waals surface area contributed by atoms with E-state index in [1.165, 1.54) is 0 Å². The molecular formula is C16H18N4O3. The van der Waals surface area contributed by atoms with Crippen molar-refractivity contribution in [1.82, 2.24) is 10.1 Å². The minimum Gasteiger partial charge on any atom is -0.441 e. The summed E-state index contributed by atoms with van der Waals surface area (Å²) >= 11 is 0. The monoisotopic (exact) mass is 314 g/mol. The average molecular weight is 314 g/mol. The molecule has 0 saturated carbocycles. The van der Waals surface area contributed by atoms with Crippen LogP contribution in [-0.4, -0.2) is 22.1 Å². The Bertz CT molecular complexity index is 837. The molecule has 0 unspecified atom stereocenters. The van der Waals surface area contributed by atoms with Crippen LogP contribution in [-0.2, 0) is 4.79 Å². The molecule has 1 amide bonds. The summed E-state index contributed by atoms with van der Waals surface area (Å²) in [5.41, 5.74) is 2.29. The number of fused-ring (bicyclic) bond motifs is 1. The highest BCUT2D eigenvalue weighted by Crippen LogP contribution is 2.21. The van der Waals surface area contributed by atoms with Crippen molar-refractivity contribution in [2.45, 2.75) is 33.2 Å². The zero-order valence-electron chi connectivity index (χ0n) is 13.2. The van der Waals surface area contributed by atoms with Gasteiger partial charge >= 0.3 is 0 Å². The second-order valence-electron chi connectivity index (χ2n) is 5.33. The van der Waals surface area contributed by atoms with Crippen molar-refractivity contribution in [2.24, 2.45) is 0 Å². The third kappa shape index (κ3) is 3.33. The van der Waals surface area contributed by atoms with Crippen LogP contribution in [0.2, 0.25) is 0 Å². The van der Waals surface area contributed by atoms with Crippen LogP contribution in [0, 0.1) is 13.8 Å². The van der Waals surface area contributed by atoms with Crippen molar-refractivity contribution < 1.29 is 13.7 Å². The molecule has 1 atom stereocenters. The first kappa shape index (κ1) is 15.1. The highest BCUT2D eigenvalue weighted by atomic mass is 16.5. The number of aryl methyl sites for hydroxylation is 2. The lowest BCUT2D eigenvalue weighted by Crippen LogP contribution is -2.34. The summed E-state index contributed by atoms with van der Waals surface area (Å²) in [6.07, 6.45) is 0.624. The molecule has 0 aliphatic rings. The van der Waals surface area contributed by atoms with Gasteiger partial charge in [-0.25, -0.2) is 4.98 Å². The zero-order valence-corrected chi connectivity index (χ0v) is 13.2. The Hall–Kier alpha value is -2.83. The van der Waals surface area contributed by atoms with Crippen molar-refractivity contribution in [3.8, 4) is 0 Å². The normalized spacial score (nSPS) is 12.3. The lowest BCUT2D eigenvalue weighted by Gasteiger charge is -2.16. The molecule has 23 heavy (non-hydrogen) atoms. The summed E-state index contributed by atoms with van der Waals surface area (Å²) in [4.78, 5) is 16.6. The lowest BCUT2D eigenvalue weighted by atomic mass is 10.2. The number of carbonyl (C=O) groups is 1. The molecule has 7 heteroatoms. The summed E-state index contributed by atoms with van der Waals surface area (Å²) < 4.78 is 10.4. The fourth-order valence-electron chi connectivity index (χ4n) is 2.33. The van der Waals surface area contributed by atoms with Gasteiger partial charge in [-0.05, 0) is 31.5 Å². The molecule has 0 bridgehead atoms. The molecule has 3 rings (SSSR count). The number of rotatable bonds is 5. The van der Waals surface area contributed by atoms with E-state index in [9.17, 15) is 4.79 Å². The van der Waals surface area contributed by atoms with Gasteiger partial charge in [0.1, 0.15) is 17.3 Å².